The van der Waals surface area contributed by atoms with Crippen LogP contribution in [0.25, 0.3) is 5.65 Å². The number of hydrogen-bond acceptors (Lipinski definition) is 2. The highest BCUT2D eigenvalue weighted by Gasteiger charge is 2.36. The lowest BCUT2D eigenvalue weighted by Gasteiger charge is -2.13. The van der Waals surface area contributed by atoms with Crippen LogP contribution in [0, 0.1) is 6.92 Å². The summed E-state index contributed by atoms with van der Waals surface area (Å²) in [4.78, 5) is 14.8. The van der Waals surface area contributed by atoms with Gasteiger partial charge in [-0.2, -0.15) is 18.2 Å². The molecule has 16 heavy (non-hydrogen) atoms. The van der Waals surface area contributed by atoms with Crippen LogP contribution in [-0.4, -0.2) is 9.38 Å². The number of aromatic nitrogens is 2. The molecule has 0 aromatic carbocycles. The normalized spacial score (nSPS) is 12.0. The van der Waals surface area contributed by atoms with Crippen molar-refractivity contribution in [2.75, 3.05) is 0 Å². The minimum Gasteiger partial charge on any atom is -0.297 e. The molecular formula is C10H7F3N2O. The standard InChI is InChI=1S/C10H7F3N2O/c1-6-8(10(11,12)13)15-5-3-2-4-7(15)14-9(6)16/h2-5H,1H3. The Labute approximate surface area is 88.2 Å². The first-order valence-corrected chi connectivity index (χ1v) is 4.46. The van der Waals surface area contributed by atoms with Crippen molar-refractivity contribution in [3.8, 4) is 0 Å². The van der Waals surface area contributed by atoms with Gasteiger partial charge in [0.05, 0.1) is 0 Å². The quantitative estimate of drug-likeness (QED) is 0.691. The number of nitrogens with zero attached hydrogens (tertiary/aromatic N) is 2. The number of rotatable bonds is 0. The Hall–Kier alpha value is -1.85. The summed E-state index contributed by atoms with van der Waals surface area (Å²) in [7, 11) is 0. The molecule has 0 spiro atoms. The summed E-state index contributed by atoms with van der Waals surface area (Å²) >= 11 is 0. The fraction of sp³-hybridized carbons (Fsp3) is 0.200. The van der Waals surface area contributed by atoms with Crippen LogP contribution in [0.1, 0.15) is 11.3 Å². The van der Waals surface area contributed by atoms with Crippen molar-refractivity contribution in [2.45, 2.75) is 13.1 Å². The predicted molar refractivity (Wildman–Crippen MR) is 51.2 cm³/mol. The highest BCUT2D eigenvalue weighted by Crippen LogP contribution is 2.30. The molecule has 0 saturated carbocycles. The van der Waals surface area contributed by atoms with Crippen LogP contribution in [0.5, 0.6) is 0 Å². The van der Waals surface area contributed by atoms with E-state index in [4.69, 9.17) is 0 Å². The summed E-state index contributed by atoms with van der Waals surface area (Å²) in [5.74, 6) is 0. The molecule has 2 rings (SSSR count). The van der Waals surface area contributed by atoms with E-state index in [9.17, 15) is 18.0 Å². The minimum atomic E-state index is -4.57. The van der Waals surface area contributed by atoms with E-state index >= 15 is 0 Å². The van der Waals surface area contributed by atoms with Crippen LogP contribution >= 0.6 is 0 Å². The van der Waals surface area contributed by atoms with Crippen molar-refractivity contribution in [1.82, 2.24) is 9.38 Å². The third kappa shape index (κ3) is 1.56. The molecule has 0 aliphatic rings. The maximum atomic E-state index is 12.8. The lowest BCUT2D eigenvalue weighted by Crippen LogP contribution is -2.23. The second-order valence-electron chi connectivity index (χ2n) is 3.32. The number of alkyl halides is 3. The lowest BCUT2D eigenvalue weighted by atomic mass is 10.2. The predicted octanol–water partition coefficient (Wildman–Crippen LogP) is 2.02. The SMILES string of the molecule is Cc1c(C(F)(F)F)n2ccccc2nc1=O. The van der Waals surface area contributed by atoms with Crippen molar-refractivity contribution in [3.63, 3.8) is 0 Å². The van der Waals surface area contributed by atoms with Gasteiger partial charge >= 0.3 is 6.18 Å². The van der Waals surface area contributed by atoms with Crippen molar-refractivity contribution in [2.24, 2.45) is 0 Å². The Balaban J connectivity index is 2.99. The zero-order valence-electron chi connectivity index (χ0n) is 8.25. The number of pyridine rings is 1. The van der Waals surface area contributed by atoms with Crippen LogP contribution in [0.3, 0.4) is 0 Å². The molecule has 2 aromatic heterocycles. The molecule has 84 valence electrons. The van der Waals surface area contributed by atoms with Gasteiger partial charge in [-0.1, -0.05) is 6.07 Å². The number of halogens is 3. The summed E-state index contributed by atoms with van der Waals surface area (Å²) < 4.78 is 39.2. The smallest absolute Gasteiger partial charge is 0.297 e. The van der Waals surface area contributed by atoms with Crippen LogP contribution in [0.2, 0.25) is 0 Å². The van der Waals surface area contributed by atoms with Crippen molar-refractivity contribution in [1.29, 1.82) is 0 Å². The average molecular weight is 228 g/mol. The highest BCUT2D eigenvalue weighted by molar-refractivity contribution is 5.41. The molecule has 0 amide bonds. The fourth-order valence-corrected chi connectivity index (χ4v) is 1.53. The maximum Gasteiger partial charge on any atom is 0.432 e. The van der Waals surface area contributed by atoms with Gasteiger partial charge in [-0.05, 0) is 19.1 Å². The van der Waals surface area contributed by atoms with E-state index in [1.54, 1.807) is 0 Å². The van der Waals surface area contributed by atoms with Gasteiger partial charge in [0.2, 0.25) is 0 Å². The van der Waals surface area contributed by atoms with Gasteiger partial charge in [0.1, 0.15) is 11.3 Å². The van der Waals surface area contributed by atoms with Gasteiger partial charge < -0.3 is 0 Å². The largest absolute Gasteiger partial charge is 0.432 e. The summed E-state index contributed by atoms with van der Waals surface area (Å²) in [6.45, 7) is 1.12. The zero-order valence-corrected chi connectivity index (χ0v) is 8.25. The summed E-state index contributed by atoms with van der Waals surface area (Å²) in [5, 5.41) is 0. The van der Waals surface area contributed by atoms with E-state index in [1.165, 1.54) is 24.4 Å². The van der Waals surface area contributed by atoms with Crippen molar-refractivity contribution < 1.29 is 13.2 Å². The van der Waals surface area contributed by atoms with Crippen LogP contribution in [0.15, 0.2) is 29.2 Å². The van der Waals surface area contributed by atoms with Gasteiger partial charge in [0.15, 0.2) is 0 Å². The molecule has 0 aliphatic heterocycles. The highest BCUT2D eigenvalue weighted by atomic mass is 19.4. The Morgan fingerprint density at radius 1 is 1.31 bits per heavy atom. The van der Waals surface area contributed by atoms with Gasteiger partial charge in [-0.15, -0.1) is 0 Å². The van der Waals surface area contributed by atoms with E-state index < -0.39 is 23.0 Å². The van der Waals surface area contributed by atoms with Gasteiger partial charge in [0, 0.05) is 11.8 Å². The van der Waals surface area contributed by atoms with E-state index in [0.29, 0.717) is 0 Å². The molecule has 2 aromatic rings. The molecule has 3 nitrogen and oxygen atoms in total. The Morgan fingerprint density at radius 2 is 2.00 bits per heavy atom. The van der Waals surface area contributed by atoms with E-state index in [2.05, 4.69) is 4.98 Å². The first-order chi connectivity index (χ1) is 7.41. The fourth-order valence-electron chi connectivity index (χ4n) is 1.53. The first kappa shape index (κ1) is 10.7. The Bertz CT molecular complexity index is 601. The van der Waals surface area contributed by atoms with E-state index in [1.807, 2.05) is 0 Å². The Kier molecular flexibility index (Phi) is 2.22. The third-order valence-corrected chi connectivity index (χ3v) is 2.24. The zero-order chi connectivity index (χ0) is 11.9. The van der Waals surface area contributed by atoms with E-state index in [-0.39, 0.29) is 5.65 Å². The number of fused-ring (bicyclic) bond motifs is 1. The second-order valence-corrected chi connectivity index (χ2v) is 3.32. The topological polar surface area (TPSA) is 34.4 Å². The summed E-state index contributed by atoms with van der Waals surface area (Å²) in [5.41, 5.74) is -2.22. The van der Waals surface area contributed by atoms with Gasteiger partial charge in [-0.25, -0.2) is 0 Å². The van der Waals surface area contributed by atoms with Gasteiger partial charge in [-0.3, -0.25) is 9.20 Å². The van der Waals surface area contributed by atoms with Crippen LogP contribution in [0.4, 0.5) is 13.2 Å². The molecular weight excluding hydrogens is 221 g/mol. The minimum absolute atomic E-state index is 0.00887. The van der Waals surface area contributed by atoms with Crippen molar-refractivity contribution in [3.05, 3.63) is 46.0 Å². The van der Waals surface area contributed by atoms with Crippen LogP contribution in [-0.2, 0) is 6.18 Å². The molecule has 2 heterocycles. The first-order valence-electron chi connectivity index (χ1n) is 4.46. The molecule has 0 aliphatic carbocycles. The molecule has 0 radical (unpaired) electrons. The molecule has 0 bridgehead atoms. The monoisotopic (exact) mass is 228 g/mol. The summed E-state index contributed by atoms with van der Waals surface area (Å²) in [6, 6.07) is 4.33. The van der Waals surface area contributed by atoms with Crippen LogP contribution < -0.4 is 5.56 Å². The second kappa shape index (κ2) is 3.33. The summed E-state index contributed by atoms with van der Waals surface area (Å²) in [6.07, 6.45) is -3.34. The molecule has 0 N–H and O–H groups in total. The lowest BCUT2D eigenvalue weighted by molar-refractivity contribution is -0.142. The van der Waals surface area contributed by atoms with E-state index in [0.717, 1.165) is 11.3 Å². The molecule has 6 heteroatoms. The molecule has 0 unspecified atom stereocenters. The average Bonchev–Trinajstić information content (AvgIpc) is 2.17. The molecule has 0 saturated heterocycles. The maximum absolute atomic E-state index is 12.8. The number of hydrogen-bond donors (Lipinski definition) is 0. The molecule has 0 fully saturated rings. The van der Waals surface area contributed by atoms with Gasteiger partial charge in [0.25, 0.3) is 5.56 Å². The molecule has 0 atom stereocenters. The third-order valence-electron chi connectivity index (χ3n) is 2.24. The van der Waals surface area contributed by atoms with Crippen molar-refractivity contribution >= 4 is 5.65 Å². The Morgan fingerprint density at radius 3 is 2.62 bits per heavy atom.